The van der Waals surface area contributed by atoms with Crippen molar-refractivity contribution in [2.45, 2.75) is 49.4 Å². The van der Waals surface area contributed by atoms with Gasteiger partial charge in [0.25, 0.3) is 0 Å². The van der Waals surface area contributed by atoms with E-state index in [0.29, 0.717) is 13.2 Å². The van der Waals surface area contributed by atoms with Crippen LogP contribution in [-0.4, -0.2) is 67.1 Å². The maximum Gasteiger partial charge on any atom is 0.490 e. The average Bonchev–Trinajstić information content (AvgIpc) is 3.22. The van der Waals surface area contributed by atoms with E-state index in [1.807, 2.05) is 6.07 Å². The van der Waals surface area contributed by atoms with Crippen molar-refractivity contribution in [3.63, 3.8) is 0 Å². The first-order chi connectivity index (χ1) is 18.4. The number of carboxylic acids is 1. The number of likely N-dealkylation sites (N-methyl/N-ethyl adjacent to an activating group) is 1. The fraction of sp³-hybridized carbons (Fsp3) is 0.462. The van der Waals surface area contributed by atoms with Gasteiger partial charge in [0.15, 0.2) is 23.1 Å². The van der Waals surface area contributed by atoms with Crippen molar-refractivity contribution < 1.29 is 46.1 Å². The zero-order valence-corrected chi connectivity index (χ0v) is 21.0. The Morgan fingerprint density at radius 1 is 1.03 bits per heavy atom. The molecule has 2 aliphatic heterocycles. The van der Waals surface area contributed by atoms with Crippen molar-refractivity contribution in [1.82, 2.24) is 10.2 Å². The minimum absolute atomic E-state index is 0.00354. The Morgan fingerprint density at radius 2 is 1.72 bits per heavy atom. The van der Waals surface area contributed by atoms with Crippen LogP contribution in [0.15, 0.2) is 36.4 Å². The summed E-state index contributed by atoms with van der Waals surface area (Å²) in [5.74, 6) is -3.08. The first kappa shape index (κ1) is 28.4. The number of nitrogens with zero attached hydrogens (tertiary/aromatic N) is 1. The lowest BCUT2D eigenvalue weighted by atomic mass is 9.65. The van der Waals surface area contributed by atoms with Gasteiger partial charge in [-0.05, 0) is 69.1 Å². The van der Waals surface area contributed by atoms with Gasteiger partial charge in [-0.2, -0.15) is 13.2 Å². The molecule has 2 heterocycles. The average molecular weight is 558 g/mol. The number of fused-ring (bicyclic) bond motifs is 2. The number of carboxylic acid groups (broad SMARTS) is 1. The summed E-state index contributed by atoms with van der Waals surface area (Å²) in [7, 11) is 2.13. The second-order valence-electron chi connectivity index (χ2n) is 9.76. The fourth-order valence-electron chi connectivity index (χ4n) is 5.53. The first-order valence-corrected chi connectivity index (χ1v) is 12.3. The molecule has 0 radical (unpaired) electrons. The van der Waals surface area contributed by atoms with Crippen molar-refractivity contribution >= 4 is 17.7 Å². The van der Waals surface area contributed by atoms with E-state index in [-0.39, 0.29) is 23.2 Å². The highest BCUT2D eigenvalue weighted by atomic mass is 19.4. The van der Waals surface area contributed by atoms with Crippen molar-refractivity contribution in [3.8, 4) is 11.5 Å². The molecular weight excluding hydrogens is 529 g/mol. The number of alkyl halides is 3. The molecule has 0 unspecified atom stereocenters. The number of benzene rings is 2. The lowest BCUT2D eigenvalue weighted by Crippen LogP contribution is -2.52. The van der Waals surface area contributed by atoms with Crippen molar-refractivity contribution in [3.05, 3.63) is 53.6 Å². The van der Waals surface area contributed by atoms with E-state index in [1.165, 1.54) is 11.6 Å². The quantitative estimate of drug-likeness (QED) is 0.474. The Labute approximate surface area is 221 Å². The highest BCUT2D eigenvalue weighted by Crippen LogP contribution is 2.50. The second kappa shape index (κ2) is 11.2. The zero-order valence-electron chi connectivity index (χ0n) is 21.0. The molecule has 2 aromatic carbocycles. The van der Waals surface area contributed by atoms with E-state index < -0.39 is 29.8 Å². The monoisotopic (exact) mass is 557 g/mol. The van der Waals surface area contributed by atoms with Gasteiger partial charge in [-0.3, -0.25) is 0 Å². The van der Waals surface area contributed by atoms with Gasteiger partial charge in [0.05, 0.1) is 0 Å². The normalized spacial score (nSPS) is 24.2. The summed E-state index contributed by atoms with van der Waals surface area (Å²) < 4.78 is 69.8. The largest absolute Gasteiger partial charge is 0.490 e. The maximum atomic E-state index is 13.4. The molecule has 39 heavy (non-hydrogen) atoms. The third-order valence-corrected chi connectivity index (χ3v) is 7.40. The fourth-order valence-corrected chi connectivity index (χ4v) is 5.53. The second-order valence-corrected chi connectivity index (χ2v) is 9.76. The predicted molar refractivity (Wildman–Crippen MR) is 130 cm³/mol. The van der Waals surface area contributed by atoms with Crippen LogP contribution in [0.5, 0.6) is 11.5 Å². The summed E-state index contributed by atoms with van der Waals surface area (Å²) in [6.45, 7) is 2.13. The molecule has 2 aromatic rings. The van der Waals surface area contributed by atoms with Gasteiger partial charge < -0.3 is 30.1 Å². The third kappa shape index (κ3) is 6.35. The maximum absolute atomic E-state index is 13.4. The molecule has 2 fully saturated rings. The van der Waals surface area contributed by atoms with E-state index >= 15 is 0 Å². The number of rotatable bonds is 3. The van der Waals surface area contributed by atoms with Crippen molar-refractivity contribution in [2.75, 3.05) is 32.1 Å². The van der Waals surface area contributed by atoms with Crippen LogP contribution in [0, 0.1) is 11.6 Å². The van der Waals surface area contributed by atoms with E-state index in [1.54, 1.807) is 0 Å². The number of carbonyl (C=O) groups is 2. The lowest BCUT2D eigenvalue weighted by molar-refractivity contribution is -0.192. The molecule has 1 saturated carbocycles. The zero-order chi connectivity index (χ0) is 28.4. The van der Waals surface area contributed by atoms with Gasteiger partial charge in [-0.25, -0.2) is 18.4 Å². The molecule has 1 saturated heterocycles. The summed E-state index contributed by atoms with van der Waals surface area (Å²) in [5.41, 5.74) is 1.50. The summed E-state index contributed by atoms with van der Waals surface area (Å²) in [6, 6.07) is 9.49. The summed E-state index contributed by atoms with van der Waals surface area (Å²) in [4.78, 5) is 23.7. The van der Waals surface area contributed by atoms with Crippen LogP contribution in [0.2, 0.25) is 0 Å². The molecule has 2 amide bonds. The number of likely N-dealkylation sites (tertiary alicyclic amines) is 1. The molecule has 3 aliphatic rings. The SMILES string of the molecule is CN1CC[C@]2(c3ccc4c(c3)OCCO4)CC[C@@H](NC(=O)Nc3ccc(F)c(F)c3)C[C@H]12.O=C(O)C(F)(F)F. The van der Waals surface area contributed by atoms with Gasteiger partial charge in [0.2, 0.25) is 0 Å². The number of halogens is 5. The predicted octanol–water partition coefficient (Wildman–Crippen LogP) is 4.69. The van der Waals surface area contributed by atoms with E-state index in [0.717, 1.165) is 55.9 Å². The third-order valence-electron chi connectivity index (χ3n) is 7.40. The van der Waals surface area contributed by atoms with Gasteiger partial charge in [-0.15, -0.1) is 0 Å². The topological polar surface area (TPSA) is 100 Å². The molecule has 1 aliphatic carbocycles. The molecule has 13 heteroatoms. The Morgan fingerprint density at radius 3 is 2.38 bits per heavy atom. The number of carbonyl (C=O) groups excluding carboxylic acids is 1. The van der Waals surface area contributed by atoms with Crippen LogP contribution < -0.4 is 20.1 Å². The van der Waals surface area contributed by atoms with Gasteiger partial charge >= 0.3 is 18.2 Å². The molecule has 0 spiro atoms. The van der Waals surface area contributed by atoms with Crippen molar-refractivity contribution in [2.24, 2.45) is 0 Å². The standard InChI is InChI=1S/C24H27F2N3O3.C2HF3O2/c1-29-9-8-24(15-2-5-20-21(12-15)32-11-10-31-20)7-6-17(14-22(24)29)28-23(30)27-16-3-4-18(25)19(26)13-16;3-2(4,5)1(6)7/h2-5,12-13,17,22H,6-11,14H2,1H3,(H2,27,28,30);(H,6,7)/t17-,22+,24+;/m1./s1. The molecular formula is C26H28F5N3O5. The molecule has 3 N–H and O–H groups in total. The number of amides is 2. The smallest absolute Gasteiger partial charge is 0.486 e. The lowest BCUT2D eigenvalue weighted by Gasteiger charge is -2.45. The van der Waals surface area contributed by atoms with E-state index in [2.05, 4.69) is 34.7 Å². The number of hydrogen-bond acceptors (Lipinski definition) is 5. The van der Waals surface area contributed by atoms with Gasteiger partial charge in [-0.1, -0.05) is 6.07 Å². The van der Waals surface area contributed by atoms with Crippen LogP contribution in [0.25, 0.3) is 0 Å². The molecule has 0 bridgehead atoms. The van der Waals surface area contributed by atoms with Crippen molar-refractivity contribution in [1.29, 1.82) is 0 Å². The molecule has 0 aromatic heterocycles. The molecule has 212 valence electrons. The Hall–Kier alpha value is -3.61. The van der Waals surface area contributed by atoms with E-state index in [4.69, 9.17) is 19.4 Å². The number of ether oxygens (including phenoxy) is 2. The van der Waals surface area contributed by atoms with E-state index in [9.17, 15) is 26.7 Å². The van der Waals surface area contributed by atoms with Crippen LogP contribution >= 0.6 is 0 Å². The summed E-state index contributed by atoms with van der Waals surface area (Å²) in [5, 5.41) is 12.7. The Kier molecular flexibility index (Phi) is 8.19. The van der Waals surface area contributed by atoms with Crippen LogP contribution in [0.1, 0.15) is 31.2 Å². The van der Waals surface area contributed by atoms with Crippen LogP contribution in [0.4, 0.5) is 32.4 Å². The number of urea groups is 1. The van der Waals surface area contributed by atoms with Gasteiger partial charge in [0, 0.05) is 29.3 Å². The Balaban J connectivity index is 0.000000448. The number of hydrogen-bond donors (Lipinski definition) is 3. The molecule has 3 atom stereocenters. The van der Waals surface area contributed by atoms with Crippen LogP contribution in [-0.2, 0) is 10.2 Å². The highest BCUT2D eigenvalue weighted by molar-refractivity contribution is 5.89. The van der Waals surface area contributed by atoms with Gasteiger partial charge in [0.1, 0.15) is 13.2 Å². The minimum Gasteiger partial charge on any atom is -0.486 e. The summed E-state index contributed by atoms with van der Waals surface area (Å²) in [6.07, 6.45) is -1.43. The Bertz CT molecular complexity index is 1230. The number of aliphatic carboxylic acids is 1. The molecule has 8 nitrogen and oxygen atoms in total. The minimum atomic E-state index is -5.08. The van der Waals surface area contributed by atoms with Crippen LogP contribution in [0.3, 0.4) is 0 Å². The highest BCUT2D eigenvalue weighted by Gasteiger charge is 2.50. The first-order valence-electron chi connectivity index (χ1n) is 12.3. The number of anilines is 1. The number of nitrogens with one attached hydrogen (secondary N) is 2. The summed E-state index contributed by atoms with van der Waals surface area (Å²) >= 11 is 0. The molecule has 5 rings (SSSR count).